The lowest BCUT2D eigenvalue weighted by molar-refractivity contribution is -0.147. The first-order valence-electron chi connectivity index (χ1n) is 7.35. The lowest BCUT2D eigenvalue weighted by atomic mass is 9.89. The van der Waals surface area contributed by atoms with Gasteiger partial charge in [0.2, 0.25) is 0 Å². The van der Waals surface area contributed by atoms with Crippen LogP contribution in [-0.4, -0.2) is 48.7 Å². The highest BCUT2D eigenvalue weighted by Crippen LogP contribution is 2.23. The van der Waals surface area contributed by atoms with Crippen molar-refractivity contribution in [3.8, 4) is 0 Å². The Morgan fingerprint density at radius 2 is 1.86 bits per heavy atom. The zero-order valence-corrected chi connectivity index (χ0v) is 12.7. The van der Waals surface area contributed by atoms with Crippen molar-refractivity contribution in [2.45, 2.75) is 20.3 Å². The number of rotatable bonds is 5. The van der Waals surface area contributed by atoms with E-state index >= 15 is 0 Å². The summed E-state index contributed by atoms with van der Waals surface area (Å²) in [7, 11) is 0. The van der Waals surface area contributed by atoms with Gasteiger partial charge in [0.1, 0.15) is 5.82 Å². The number of para-hydroxylation sites is 1. The summed E-state index contributed by atoms with van der Waals surface area (Å²) < 4.78 is 13.7. The van der Waals surface area contributed by atoms with E-state index in [1.807, 2.05) is 11.0 Å². The molecule has 1 aromatic rings. The van der Waals surface area contributed by atoms with E-state index in [1.54, 1.807) is 26.0 Å². The highest BCUT2D eigenvalue weighted by atomic mass is 19.1. The van der Waals surface area contributed by atoms with Crippen LogP contribution in [0.4, 0.5) is 10.1 Å². The van der Waals surface area contributed by atoms with Crippen LogP contribution in [0.1, 0.15) is 20.3 Å². The average Bonchev–Trinajstić information content (AvgIpc) is 2.46. The molecule has 2 rings (SSSR count). The number of aliphatic carboxylic acids is 1. The van der Waals surface area contributed by atoms with Crippen molar-refractivity contribution < 1.29 is 14.3 Å². The van der Waals surface area contributed by atoms with Gasteiger partial charge in [-0.25, -0.2) is 4.39 Å². The third-order valence-electron chi connectivity index (χ3n) is 4.20. The Kier molecular flexibility index (Phi) is 4.83. The number of hydrogen-bond donors (Lipinski definition) is 1. The summed E-state index contributed by atoms with van der Waals surface area (Å²) in [6.07, 6.45) is 0.627. The number of anilines is 1. The fourth-order valence-electron chi connectivity index (χ4n) is 2.47. The van der Waals surface area contributed by atoms with E-state index in [2.05, 4.69) is 4.90 Å². The highest BCUT2D eigenvalue weighted by molar-refractivity contribution is 5.73. The maximum atomic E-state index is 13.7. The second-order valence-electron chi connectivity index (χ2n) is 6.22. The number of carboxylic acids is 1. The molecule has 1 aromatic carbocycles. The van der Waals surface area contributed by atoms with Gasteiger partial charge in [0.15, 0.2) is 0 Å². The zero-order valence-electron chi connectivity index (χ0n) is 12.7. The number of benzene rings is 1. The summed E-state index contributed by atoms with van der Waals surface area (Å²) >= 11 is 0. The molecule has 0 amide bonds. The third kappa shape index (κ3) is 3.94. The largest absolute Gasteiger partial charge is 0.481 e. The molecule has 1 saturated heterocycles. The number of carboxylic acid groups (broad SMARTS) is 1. The van der Waals surface area contributed by atoms with Gasteiger partial charge in [-0.2, -0.15) is 0 Å². The first-order chi connectivity index (χ1) is 9.90. The number of hydrogen-bond acceptors (Lipinski definition) is 3. The number of nitrogens with zero attached hydrogens (tertiary/aromatic N) is 2. The molecule has 1 fully saturated rings. The van der Waals surface area contributed by atoms with Crippen molar-refractivity contribution in [2.24, 2.45) is 5.41 Å². The van der Waals surface area contributed by atoms with Gasteiger partial charge in [-0.15, -0.1) is 0 Å². The third-order valence-corrected chi connectivity index (χ3v) is 4.20. The van der Waals surface area contributed by atoms with Gasteiger partial charge >= 0.3 is 5.97 Å². The Bertz CT molecular complexity index is 497. The van der Waals surface area contributed by atoms with Crippen LogP contribution in [0.15, 0.2) is 24.3 Å². The second-order valence-corrected chi connectivity index (χ2v) is 6.22. The molecule has 0 atom stereocenters. The van der Waals surface area contributed by atoms with Crippen LogP contribution >= 0.6 is 0 Å². The average molecular weight is 294 g/mol. The smallest absolute Gasteiger partial charge is 0.309 e. The summed E-state index contributed by atoms with van der Waals surface area (Å²) in [6, 6.07) is 6.83. The minimum Gasteiger partial charge on any atom is -0.481 e. The van der Waals surface area contributed by atoms with Crippen LogP contribution in [0.25, 0.3) is 0 Å². The van der Waals surface area contributed by atoms with Crippen LogP contribution < -0.4 is 4.90 Å². The number of piperazine rings is 1. The molecule has 0 aliphatic carbocycles. The molecule has 1 aliphatic heterocycles. The van der Waals surface area contributed by atoms with Gasteiger partial charge in [0.05, 0.1) is 11.1 Å². The van der Waals surface area contributed by atoms with Crippen molar-refractivity contribution in [3.63, 3.8) is 0 Å². The van der Waals surface area contributed by atoms with Gasteiger partial charge in [-0.3, -0.25) is 9.69 Å². The van der Waals surface area contributed by atoms with Crippen LogP contribution in [-0.2, 0) is 4.79 Å². The summed E-state index contributed by atoms with van der Waals surface area (Å²) in [4.78, 5) is 15.4. The molecule has 4 nitrogen and oxygen atoms in total. The Morgan fingerprint density at radius 3 is 2.43 bits per heavy atom. The molecule has 5 heteroatoms. The van der Waals surface area contributed by atoms with Crippen molar-refractivity contribution >= 4 is 11.7 Å². The molecule has 1 heterocycles. The number of carbonyl (C=O) groups is 1. The van der Waals surface area contributed by atoms with Gasteiger partial charge in [0.25, 0.3) is 0 Å². The van der Waals surface area contributed by atoms with Gasteiger partial charge in [-0.05, 0) is 38.9 Å². The lowest BCUT2D eigenvalue weighted by Gasteiger charge is -2.37. The fraction of sp³-hybridized carbons (Fsp3) is 0.562. The van der Waals surface area contributed by atoms with E-state index in [0.717, 1.165) is 32.7 Å². The van der Waals surface area contributed by atoms with E-state index in [1.165, 1.54) is 6.07 Å². The van der Waals surface area contributed by atoms with E-state index in [-0.39, 0.29) is 5.82 Å². The molecule has 0 aromatic heterocycles. The maximum Gasteiger partial charge on any atom is 0.309 e. The van der Waals surface area contributed by atoms with Crippen LogP contribution in [0, 0.1) is 11.2 Å². The van der Waals surface area contributed by atoms with Crippen LogP contribution in [0.2, 0.25) is 0 Å². The monoisotopic (exact) mass is 294 g/mol. The summed E-state index contributed by atoms with van der Waals surface area (Å²) in [6.45, 7) is 7.50. The predicted molar refractivity (Wildman–Crippen MR) is 81.1 cm³/mol. The highest BCUT2D eigenvalue weighted by Gasteiger charge is 2.28. The van der Waals surface area contributed by atoms with E-state index < -0.39 is 11.4 Å². The molecule has 1 aliphatic rings. The van der Waals surface area contributed by atoms with Gasteiger partial charge in [0, 0.05) is 26.2 Å². The Morgan fingerprint density at radius 1 is 1.24 bits per heavy atom. The fourth-order valence-corrected chi connectivity index (χ4v) is 2.47. The Balaban J connectivity index is 1.84. The molecule has 116 valence electrons. The molecule has 0 bridgehead atoms. The zero-order chi connectivity index (χ0) is 15.5. The van der Waals surface area contributed by atoms with Crippen molar-refractivity contribution in [3.05, 3.63) is 30.1 Å². The number of halogens is 1. The standard InChI is InChI=1S/C16H23FN2O2/c1-16(2,15(20)21)7-8-18-9-11-19(12-10-18)14-6-4-3-5-13(14)17/h3-6H,7-12H2,1-2H3,(H,20,21). The molecular formula is C16H23FN2O2. The summed E-state index contributed by atoms with van der Waals surface area (Å²) in [5, 5.41) is 9.12. The minimum absolute atomic E-state index is 0.182. The first kappa shape index (κ1) is 15.8. The second kappa shape index (κ2) is 6.43. The first-order valence-corrected chi connectivity index (χ1v) is 7.35. The SMILES string of the molecule is CC(C)(CCN1CCN(c2ccccc2F)CC1)C(=O)O. The molecule has 0 saturated carbocycles. The van der Waals surface area contributed by atoms with Crippen LogP contribution in [0.5, 0.6) is 0 Å². The lowest BCUT2D eigenvalue weighted by Crippen LogP contribution is -2.47. The molecule has 21 heavy (non-hydrogen) atoms. The van der Waals surface area contributed by atoms with Gasteiger partial charge < -0.3 is 10.0 Å². The molecule has 0 spiro atoms. The minimum atomic E-state index is -0.757. The van der Waals surface area contributed by atoms with Crippen molar-refractivity contribution in [2.75, 3.05) is 37.6 Å². The van der Waals surface area contributed by atoms with E-state index in [9.17, 15) is 9.18 Å². The molecule has 1 N–H and O–H groups in total. The predicted octanol–water partition coefficient (Wildman–Crippen LogP) is 2.45. The van der Waals surface area contributed by atoms with Crippen molar-refractivity contribution in [1.82, 2.24) is 4.90 Å². The quantitative estimate of drug-likeness (QED) is 0.906. The maximum absolute atomic E-state index is 13.7. The van der Waals surface area contributed by atoms with E-state index in [0.29, 0.717) is 12.1 Å². The van der Waals surface area contributed by atoms with Crippen molar-refractivity contribution in [1.29, 1.82) is 0 Å². The Hall–Kier alpha value is -1.62. The van der Waals surface area contributed by atoms with Crippen LogP contribution in [0.3, 0.4) is 0 Å². The normalized spacial score (nSPS) is 17.0. The molecule has 0 radical (unpaired) electrons. The molecular weight excluding hydrogens is 271 g/mol. The Labute approximate surface area is 125 Å². The topological polar surface area (TPSA) is 43.8 Å². The van der Waals surface area contributed by atoms with E-state index in [4.69, 9.17) is 5.11 Å². The van der Waals surface area contributed by atoms with Gasteiger partial charge in [-0.1, -0.05) is 12.1 Å². The summed E-state index contributed by atoms with van der Waals surface area (Å²) in [5.74, 6) is -0.939. The summed E-state index contributed by atoms with van der Waals surface area (Å²) in [5.41, 5.74) is -0.0362. The molecule has 0 unspecified atom stereocenters.